The van der Waals surface area contributed by atoms with Crippen molar-refractivity contribution < 1.29 is 0 Å². The fraction of sp³-hybridized carbons (Fsp3) is 1.00. The van der Waals surface area contributed by atoms with Gasteiger partial charge in [-0.2, -0.15) is 0 Å². The molecule has 4 nitrogen and oxygen atoms in total. The Balaban J connectivity index is 1.27. The third kappa shape index (κ3) is 3.27. The normalized spacial score (nSPS) is 52.0. The van der Waals surface area contributed by atoms with Gasteiger partial charge in [0.1, 0.15) is 0 Å². The number of nitrogens with one attached hydrogen (secondary N) is 4. The van der Waals surface area contributed by atoms with Crippen LogP contribution in [0.1, 0.15) is 77.0 Å². The van der Waals surface area contributed by atoms with E-state index in [-0.39, 0.29) is 0 Å². The van der Waals surface area contributed by atoms with Gasteiger partial charge >= 0.3 is 0 Å². The minimum Gasteiger partial charge on any atom is -0.310 e. The van der Waals surface area contributed by atoms with Gasteiger partial charge in [0.15, 0.2) is 0 Å². The van der Waals surface area contributed by atoms with Gasteiger partial charge in [0.25, 0.3) is 0 Å². The molecule has 0 amide bonds. The summed E-state index contributed by atoms with van der Waals surface area (Å²) in [5.41, 5.74) is 0. The summed E-state index contributed by atoms with van der Waals surface area (Å²) >= 11 is 0. The fourth-order valence-electron chi connectivity index (χ4n) is 6.39. The summed E-state index contributed by atoms with van der Waals surface area (Å²) in [4.78, 5) is 0. The Morgan fingerprint density at radius 2 is 0.500 bits per heavy atom. The van der Waals surface area contributed by atoms with E-state index in [2.05, 4.69) is 21.3 Å². The van der Waals surface area contributed by atoms with Crippen LogP contribution in [0.4, 0.5) is 0 Å². The first-order valence-electron chi connectivity index (χ1n) is 10.9. The third-order valence-corrected chi connectivity index (χ3v) is 7.80. The summed E-state index contributed by atoms with van der Waals surface area (Å²) in [6, 6.07) is 6.07. The number of hydrogen-bond acceptors (Lipinski definition) is 4. The summed E-state index contributed by atoms with van der Waals surface area (Å²) in [6.45, 7) is 0. The zero-order valence-electron chi connectivity index (χ0n) is 15.1. The molecule has 8 bridgehead atoms. The van der Waals surface area contributed by atoms with Crippen LogP contribution >= 0.6 is 0 Å². The van der Waals surface area contributed by atoms with E-state index in [1.165, 1.54) is 77.0 Å². The third-order valence-electron chi connectivity index (χ3n) is 7.80. The van der Waals surface area contributed by atoms with Crippen molar-refractivity contribution >= 4 is 0 Å². The highest BCUT2D eigenvalue weighted by Gasteiger charge is 2.38. The Morgan fingerprint density at radius 1 is 0.292 bits per heavy atom. The van der Waals surface area contributed by atoms with Gasteiger partial charge in [-0.25, -0.2) is 0 Å². The Labute approximate surface area is 147 Å². The molecule has 5 saturated heterocycles. The summed E-state index contributed by atoms with van der Waals surface area (Å²) in [6.07, 6.45) is 16.6. The average Bonchev–Trinajstić information content (AvgIpc) is 3.37. The van der Waals surface area contributed by atoms with Crippen molar-refractivity contribution in [2.75, 3.05) is 0 Å². The number of fused-ring (bicyclic) bond motifs is 10. The van der Waals surface area contributed by atoms with Crippen LogP contribution < -0.4 is 21.3 Å². The van der Waals surface area contributed by atoms with Crippen LogP contribution in [0.15, 0.2) is 0 Å². The second-order valence-electron chi connectivity index (χ2n) is 9.34. The van der Waals surface area contributed by atoms with E-state index in [9.17, 15) is 0 Å². The van der Waals surface area contributed by atoms with Crippen LogP contribution in [0, 0.1) is 0 Å². The quantitative estimate of drug-likeness (QED) is 0.548. The molecule has 0 spiro atoms. The Kier molecular flexibility index (Phi) is 4.59. The Bertz CT molecular complexity index is 361. The molecule has 8 atom stereocenters. The van der Waals surface area contributed by atoms with Crippen molar-refractivity contribution in [3.63, 3.8) is 0 Å². The molecule has 0 aromatic rings. The monoisotopic (exact) mass is 332 g/mol. The van der Waals surface area contributed by atoms with Crippen molar-refractivity contribution in [3.05, 3.63) is 0 Å². The molecule has 5 aliphatic rings. The van der Waals surface area contributed by atoms with E-state index < -0.39 is 0 Å². The predicted octanol–water partition coefficient (Wildman–Crippen LogP) is 2.04. The highest BCUT2D eigenvalue weighted by molar-refractivity contribution is 5.00. The van der Waals surface area contributed by atoms with E-state index in [1.54, 1.807) is 0 Å². The lowest BCUT2D eigenvalue weighted by Crippen LogP contribution is -2.47. The minimum atomic E-state index is 0.742. The zero-order chi connectivity index (χ0) is 15.9. The van der Waals surface area contributed by atoms with Crippen LogP contribution in [0.25, 0.3) is 0 Å². The van der Waals surface area contributed by atoms with Gasteiger partial charge in [0.05, 0.1) is 0 Å². The van der Waals surface area contributed by atoms with Crippen LogP contribution in [0.2, 0.25) is 0 Å². The molecular formula is C20H36N4. The smallest absolute Gasteiger partial charge is 0.0224 e. The molecule has 4 heteroatoms. The van der Waals surface area contributed by atoms with Gasteiger partial charge in [-0.05, 0) is 77.0 Å². The Hall–Kier alpha value is -0.160. The summed E-state index contributed by atoms with van der Waals surface area (Å²) in [7, 11) is 0. The molecule has 5 rings (SSSR count). The molecule has 0 aromatic carbocycles. The first-order valence-corrected chi connectivity index (χ1v) is 10.9. The summed E-state index contributed by atoms with van der Waals surface area (Å²) in [5.74, 6) is 0. The lowest BCUT2D eigenvalue weighted by molar-refractivity contribution is 0.364. The highest BCUT2D eigenvalue weighted by atomic mass is 15.1. The molecular weight excluding hydrogens is 296 g/mol. The van der Waals surface area contributed by atoms with Gasteiger partial charge in [-0.1, -0.05) is 0 Å². The second kappa shape index (κ2) is 6.86. The SMILES string of the molecule is C1CC2CCC(N2)C2CCC(CCC3CCC(N3)C3CCC1N3)N2. The first kappa shape index (κ1) is 16.0. The van der Waals surface area contributed by atoms with Gasteiger partial charge in [-0.15, -0.1) is 0 Å². The summed E-state index contributed by atoms with van der Waals surface area (Å²) < 4.78 is 0. The van der Waals surface area contributed by atoms with Crippen molar-refractivity contribution in [1.82, 2.24) is 21.3 Å². The molecule has 5 aliphatic heterocycles. The lowest BCUT2D eigenvalue weighted by Gasteiger charge is -2.25. The highest BCUT2D eigenvalue weighted by Crippen LogP contribution is 2.30. The molecule has 24 heavy (non-hydrogen) atoms. The van der Waals surface area contributed by atoms with E-state index in [4.69, 9.17) is 0 Å². The van der Waals surface area contributed by atoms with Crippen molar-refractivity contribution in [3.8, 4) is 0 Å². The number of rotatable bonds is 0. The standard InChI is InChI=1S/C20H36N4/c1-2-14-6-10-19(22-14)20-12-8-16(24-20)4-3-15-7-11-18(23-15)17-9-5-13(1)21-17/h13-24H,1-12H2. The van der Waals surface area contributed by atoms with E-state index in [0.717, 1.165) is 48.3 Å². The maximum absolute atomic E-state index is 3.99. The lowest BCUT2D eigenvalue weighted by atomic mass is 10.0. The predicted molar refractivity (Wildman–Crippen MR) is 98.3 cm³/mol. The second-order valence-corrected chi connectivity index (χ2v) is 9.34. The Morgan fingerprint density at radius 3 is 0.750 bits per heavy atom. The molecule has 8 unspecified atom stereocenters. The molecule has 0 radical (unpaired) electrons. The van der Waals surface area contributed by atoms with Gasteiger partial charge in [-0.3, -0.25) is 0 Å². The zero-order valence-corrected chi connectivity index (χ0v) is 15.1. The van der Waals surface area contributed by atoms with Crippen LogP contribution in [-0.4, -0.2) is 48.3 Å². The van der Waals surface area contributed by atoms with Crippen molar-refractivity contribution in [2.45, 2.75) is 125 Å². The van der Waals surface area contributed by atoms with E-state index in [0.29, 0.717) is 0 Å². The molecule has 136 valence electrons. The van der Waals surface area contributed by atoms with Crippen LogP contribution in [0.5, 0.6) is 0 Å². The molecule has 5 heterocycles. The molecule has 0 saturated carbocycles. The van der Waals surface area contributed by atoms with Crippen molar-refractivity contribution in [2.24, 2.45) is 0 Å². The van der Waals surface area contributed by atoms with Crippen molar-refractivity contribution in [1.29, 1.82) is 0 Å². The van der Waals surface area contributed by atoms with Gasteiger partial charge in [0.2, 0.25) is 0 Å². The summed E-state index contributed by atoms with van der Waals surface area (Å²) in [5, 5.41) is 15.9. The molecule has 0 aliphatic carbocycles. The van der Waals surface area contributed by atoms with Gasteiger partial charge in [0, 0.05) is 48.3 Å². The van der Waals surface area contributed by atoms with E-state index >= 15 is 0 Å². The number of hydrogen-bond donors (Lipinski definition) is 4. The van der Waals surface area contributed by atoms with Gasteiger partial charge < -0.3 is 21.3 Å². The minimum absolute atomic E-state index is 0.742. The molecule has 5 fully saturated rings. The maximum atomic E-state index is 3.99. The fourth-order valence-corrected chi connectivity index (χ4v) is 6.39. The molecule has 0 aromatic heterocycles. The largest absolute Gasteiger partial charge is 0.310 e. The topological polar surface area (TPSA) is 48.1 Å². The first-order chi connectivity index (χ1) is 11.8. The maximum Gasteiger partial charge on any atom is 0.0224 e. The average molecular weight is 333 g/mol. The van der Waals surface area contributed by atoms with Crippen LogP contribution in [-0.2, 0) is 0 Å². The van der Waals surface area contributed by atoms with E-state index in [1.807, 2.05) is 0 Å². The van der Waals surface area contributed by atoms with Crippen LogP contribution in [0.3, 0.4) is 0 Å². The molecule has 4 N–H and O–H groups in total.